The van der Waals surface area contributed by atoms with Crippen LogP contribution in [0.1, 0.15) is 10.4 Å². The smallest absolute Gasteiger partial charge is 0.256 e. The van der Waals surface area contributed by atoms with E-state index in [1.807, 2.05) is 36.4 Å². The summed E-state index contributed by atoms with van der Waals surface area (Å²) in [4.78, 5) is 14.5. The number of carbonyl (C=O) groups excluding carboxylic acids is 1. The number of hydrogen-bond acceptors (Lipinski definition) is 4. The van der Waals surface area contributed by atoms with Crippen molar-refractivity contribution in [1.29, 1.82) is 0 Å². The van der Waals surface area contributed by atoms with E-state index in [-0.39, 0.29) is 12.0 Å². The third-order valence-electron chi connectivity index (χ3n) is 3.93. The molecule has 1 saturated heterocycles. The number of methoxy groups -OCH3 is 1. The highest BCUT2D eigenvalue weighted by Crippen LogP contribution is 2.23. The molecule has 2 N–H and O–H groups in total. The molecule has 0 spiro atoms. The summed E-state index contributed by atoms with van der Waals surface area (Å²) in [5.74, 6) is -0.0485. The highest BCUT2D eigenvalue weighted by atomic mass is 16.5. The first kappa shape index (κ1) is 14.8. The van der Waals surface area contributed by atoms with E-state index in [0.29, 0.717) is 37.6 Å². The van der Waals surface area contributed by atoms with Crippen molar-refractivity contribution in [1.82, 2.24) is 4.90 Å². The van der Waals surface area contributed by atoms with Gasteiger partial charge < -0.3 is 20.1 Å². The van der Waals surface area contributed by atoms with E-state index in [0.717, 1.165) is 10.8 Å². The molecule has 5 nitrogen and oxygen atoms in total. The van der Waals surface area contributed by atoms with E-state index in [4.69, 9.17) is 15.2 Å². The van der Waals surface area contributed by atoms with Gasteiger partial charge in [-0.15, -0.1) is 0 Å². The topological polar surface area (TPSA) is 64.8 Å². The normalized spacial score (nSPS) is 18.6. The predicted molar refractivity (Wildman–Crippen MR) is 85.9 cm³/mol. The number of amides is 1. The number of hydrogen-bond donors (Lipinski definition) is 1. The molecule has 2 aromatic carbocycles. The summed E-state index contributed by atoms with van der Waals surface area (Å²) < 4.78 is 10.7. The fourth-order valence-electron chi connectivity index (χ4n) is 2.80. The molecule has 0 aromatic heterocycles. The van der Waals surface area contributed by atoms with Crippen LogP contribution in [0.25, 0.3) is 10.8 Å². The Kier molecular flexibility index (Phi) is 4.27. The monoisotopic (exact) mass is 300 g/mol. The van der Waals surface area contributed by atoms with Crippen molar-refractivity contribution in [2.45, 2.75) is 6.10 Å². The highest BCUT2D eigenvalue weighted by molar-refractivity contribution is 6.04. The van der Waals surface area contributed by atoms with E-state index in [2.05, 4.69) is 0 Å². The summed E-state index contributed by atoms with van der Waals surface area (Å²) in [6.07, 6.45) is -0.0793. The second kappa shape index (κ2) is 6.34. The average molecular weight is 300 g/mol. The Hall–Kier alpha value is -2.11. The molecule has 0 aliphatic carbocycles. The van der Waals surface area contributed by atoms with Crippen molar-refractivity contribution < 1.29 is 14.3 Å². The molecular weight excluding hydrogens is 280 g/mol. The Morgan fingerprint density at radius 2 is 2.09 bits per heavy atom. The van der Waals surface area contributed by atoms with Crippen LogP contribution in [0.5, 0.6) is 0 Å². The maximum atomic E-state index is 12.8. The van der Waals surface area contributed by atoms with Gasteiger partial charge in [-0.2, -0.15) is 0 Å². The van der Waals surface area contributed by atoms with Crippen molar-refractivity contribution in [2.24, 2.45) is 0 Å². The third-order valence-corrected chi connectivity index (χ3v) is 3.93. The van der Waals surface area contributed by atoms with Gasteiger partial charge >= 0.3 is 0 Å². The van der Waals surface area contributed by atoms with Crippen LogP contribution >= 0.6 is 0 Å². The van der Waals surface area contributed by atoms with Gasteiger partial charge in [0.1, 0.15) is 0 Å². The van der Waals surface area contributed by atoms with Crippen molar-refractivity contribution in [3.8, 4) is 0 Å². The zero-order chi connectivity index (χ0) is 15.5. The van der Waals surface area contributed by atoms with E-state index in [1.54, 1.807) is 12.0 Å². The van der Waals surface area contributed by atoms with Crippen LogP contribution in [-0.2, 0) is 9.47 Å². The third kappa shape index (κ3) is 2.91. The molecule has 1 aliphatic rings. The fourth-order valence-corrected chi connectivity index (χ4v) is 2.80. The molecule has 116 valence electrons. The second-order valence-corrected chi connectivity index (χ2v) is 5.49. The zero-order valence-electron chi connectivity index (χ0n) is 12.6. The molecule has 1 heterocycles. The summed E-state index contributed by atoms with van der Waals surface area (Å²) in [5, 5.41) is 2.05. The van der Waals surface area contributed by atoms with E-state index in [9.17, 15) is 4.79 Å². The van der Waals surface area contributed by atoms with Gasteiger partial charge in [-0.3, -0.25) is 4.79 Å². The molecule has 5 heteroatoms. The van der Waals surface area contributed by atoms with Crippen LogP contribution in [0.4, 0.5) is 5.69 Å². The number of ether oxygens (including phenoxy) is 2. The number of nitrogens with two attached hydrogens (primary N) is 1. The van der Waals surface area contributed by atoms with Gasteiger partial charge in [0, 0.05) is 25.9 Å². The van der Waals surface area contributed by atoms with Crippen molar-refractivity contribution in [2.75, 3.05) is 39.1 Å². The number of rotatable bonds is 3. The van der Waals surface area contributed by atoms with Crippen LogP contribution in [0.3, 0.4) is 0 Å². The number of morpholine rings is 1. The van der Waals surface area contributed by atoms with Crippen LogP contribution in [0.2, 0.25) is 0 Å². The van der Waals surface area contributed by atoms with Crippen LogP contribution < -0.4 is 5.73 Å². The number of carbonyl (C=O) groups is 1. The molecule has 22 heavy (non-hydrogen) atoms. The van der Waals surface area contributed by atoms with Gasteiger partial charge in [-0.25, -0.2) is 0 Å². The van der Waals surface area contributed by atoms with E-state index < -0.39 is 0 Å². The Labute approximate surface area is 129 Å². The first-order valence-electron chi connectivity index (χ1n) is 7.37. The fraction of sp³-hybridized carbons (Fsp3) is 0.353. The van der Waals surface area contributed by atoms with Gasteiger partial charge in [0.2, 0.25) is 0 Å². The quantitative estimate of drug-likeness (QED) is 0.879. The Morgan fingerprint density at radius 3 is 2.82 bits per heavy atom. The number of fused-ring (bicyclic) bond motifs is 1. The van der Waals surface area contributed by atoms with Gasteiger partial charge in [0.05, 0.1) is 24.9 Å². The number of nitrogens with zero attached hydrogens (tertiary/aromatic N) is 1. The minimum absolute atomic E-state index is 0.0485. The maximum Gasteiger partial charge on any atom is 0.256 e. The summed E-state index contributed by atoms with van der Waals surface area (Å²) in [7, 11) is 1.63. The standard InChI is InChI=1S/C17H20N2O3/c1-21-11-14-10-19(6-7-22-14)17(20)15-8-12-4-2-3-5-13(12)9-16(15)18/h2-5,8-9,14H,6-7,10-11,18H2,1H3. The van der Waals surface area contributed by atoms with Gasteiger partial charge in [-0.05, 0) is 22.9 Å². The maximum absolute atomic E-state index is 12.8. The lowest BCUT2D eigenvalue weighted by Crippen LogP contribution is -2.47. The van der Waals surface area contributed by atoms with Crippen LogP contribution in [-0.4, -0.2) is 50.3 Å². The SMILES string of the molecule is COCC1CN(C(=O)c2cc3ccccc3cc2N)CCO1. The molecule has 3 rings (SSSR count). The number of benzene rings is 2. The summed E-state index contributed by atoms with van der Waals surface area (Å²) in [5.41, 5.74) is 7.15. The zero-order valence-corrected chi connectivity index (χ0v) is 12.6. The van der Waals surface area contributed by atoms with Gasteiger partial charge in [-0.1, -0.05) is 24.3 Å². The number of anilines is 1. The molecule has 1 aliphatic heterocycles. The minimum Gasteiger partial charge on any atom is -0.398 e. The van der Waals surface area contributed by atoms with Crippen molar-refractivity contribution in [3.63, 3.8) is 0 Å². The second-order valence-electron chi connectivity index (χ2n) is 5.49. The van der Waals surface area contributed by atoms with Crippen LogP contribution in [0, 0.1) is 0 Å². The molecule has 1 unspecified atom stereocenters. The molecule has 2 aromatic rings. The first-order chi connectivity index (χ1) is 10.7. The molecule has 0 saturated carbocycles. The molecule has 1 fully saturated rings. The Morgan fingerprint density at radius 1 is 1.36 bits per heavy atom. The summed E-state index contributed by atoms with van der Waals surface area (Å²) in [6, 6.07) is 11.6. The molecular formula is C17H20N2O3. The van der Waals surface area contributed by atoms with Gasteiger partial charge in [0.15, 0.2) is 0 Å². The summed E-state index contributed by atoms with van der Waals surface area (Å²) in [6.45, 7) is 2.11. The number of nitrogen functional groups attached to an aromatic ring is 1. The minimum atomic E-state index is -0.0793. The Bertz CT molecular complexity index is 685. The van der Waals surface area contributed by atoms with E-state index in [1.165, 1.54) is 0 Å². The largest absolute Gasteiger partial charge is 0.398 e. The lowest BCUT2D eigenvalue weighted by molar-refractivity contribution is -0.0530. The van der Waals surface area contributed by atoms with Crippen molar-refractivity contribution in [3.05, 3.63) is 42.0 Å². The Balaban J connectivity index is 1.86. The lowest BCUT2D eigenvalue weighted by atomic mass is 10.0. The average Bonchev–Trinajstić information content (AvgIpc) is 2.54. The predicted octanol–water partition coefficient (Wildman–Crippen LogP) is 1.91. The van der Waals surface area contributed by atoms with Gasteiger partial charge in [0.25, 0.3) is 5.91 Å². The first-order valence-corrected chi connectivity index (χ1v) is 7.37. The van der Waals surface area contributed by atoms with Crippen LogP contribution in [0.15, 0.2) is 36.4 Å². The molecule has 1 amide bonds. The molecule has 0 bridgehead atoms. The van der Waals surface area contributed by atoms with Crippen molar-refractivity contribution >= 4 is 22.4 Å². The van der Waals surface area contributed by atoms with E-state index >= 15 is 0 Å². The summed E-state index contributed by atoms with van der Waals surface area (Å²) >= 11 is 0. The lowest BCUT2D eigenvalue weighted by Gasteiger charge is -2.33. The molecule has 0 radical (unpaired) electrons. The highest BCUT2D eigenvalue weighted by Gasteiger charge is 2.26. The molecule has 1 atom stereocenters.